The summed E-state index contributed by atoms with van der Waals surface area (Å²) in [6.07, 6.45) is 0.764. The highest BCUT2D eigenvalue weighted by Gasteiger charge is 2.03. The monoisotopic (exact) mass is 220 g/mol. The largest absolute Gasteiger partial charge is 0.325 e. The number of carbonyl (C=O) groups excluding carboxylic acids is 1. The van der Waals surface area contributed by atoms with Crippen LogP contribution in [0.25, 0.3) is 11.0 Å². The van der Waals surface area contributed by atoms with Gasteiger partial charge in [0.15, 0.2) is 12.1 Å². The Morgan fingerprint density at radius 2 is 1.69 bits per heavy atom. The maximum Gasteiger partial charge on any atom is 0.185 e. The third kappa shape index (κ3) is 2.92. The molecule has 1 aromatic carbocycles. The summed E-state index contributed by atoms with van der Waals surface area (Å²) in [5.41, 5.74) is 1.85. The van der Waals surface area contributed by atoms with Crippen molar-refractivity contribution >= 4 is 17.3 Å². The molecule has 0 fully saturated rings. The number of benzene rings is 1. The van der Waals surface area contributed by atoms with Crippen LogP contribution in [0.2, 0.25) is 0 Å². The molecule has 2 rings (SSSR count). The maximum atomic E-state index is 10.5. The van der Waals surface area contributed by atoms with E-state index < -0.39 is 0 Å². The molecule has 1 aromatic heterocycles. The minimum atomic E-state index is 0.469. The summed E-state index contributed by atoms with van der Waals surface area (Å²) < 4.78 is 1.78. The summed E-state index contributed by atoms with van der Waals surface area (Å²) in [6, 6.07) is 7.67. The molecule has 0 aliphatic carbocycles. The number of imidazole rings is 1. The van der Waals surface area contributed by atoms with Crippen LogP contribution in [-0.4, -0.2) is 15.8 Å². The van der Waals surface area contributed by atoms with E-state index in [1.54, 1.807) is 4.57 Å². The van der Waals surface area contributed by atoms with E-state index in [0.717, 1.165) is 17.3 Å². The number of carbonyl (C=O) groups is 1. The first-order chi connectivity index (χ1) is 7.83. The molecule has 0 spiro atoms. The lowest BCUT2D eigenvalue weighted by Crippen LogP contribution is -1.94. The fourth-order valence-electron chi connectivity index (χ4n) is 1.27. The highest BCUT2D eigenvalue weighted by Crippen LogP contribution is 2.12. The second kappa shape index (κ2) is 7.63. The van der Waals surface area contributed by atoms with Crippen LogP contribution >= 0.6 is 0 Å². The van der Waals surface area contributed by atoms with Gasteiger partial charge in [0.2, 0.25) is 0 Å². The minimum Gasteiger partial charge on any atom is -0.325 e. The fourth-order valence-corrected chi connectivity index (χ4v) is 1.27. The maximum absolute atomic E-state index is 10.5. The molecule has 0 aliphatic heterocycles. The van der Waals surface area contributed by atoms with E-state index in [2.05, 4.69) is 4.98 Å². The zero-order valence-electron chi connectivity index (χ0n) is 10.7. The molecular formula is C13H20N2O. The number of hydrogen-bond acceptors (Lipinski definition) is 2. The van der Waals surface area contributed by atoms with E-state index in [4.69, 9.17) is 0 Å². The number of aromatic nitrogens is 2. The lowest BCUT2D eigenvalue weighted by atomic mass is 10.3. The summed E-state index contributed by atoms with van der Waals surface area (Å²) in [7, 11) is 1.83. The zero-order chi connectivity index (χ0) is 12.6. The number of aldehydes is 1. The SMILES string of the molecule is CC.CC.Cn1c(C=O)nc2ccccc21. The van der Waals surface area contributed by atoms with Gasteiger partial charge in [-0.25, -0.2) is 4.98 Å². The van der Waals surface area contributed by atoms with Crippen molar-refractivity contribution < 1.29 is 4.79 Å². The summed E-state index contributed by atoms with van der Waals surface area (Å²) in [6.45, 7) is 8.00. The molecule has 0 unspecified atom stereocenters. The third-order valence-electron chi connectivity index (χ3n) is 1.93. The first-order valence-electron chi connectivity index (χ1n) is 5.69. The average molecular weight is 220 g/mol. The minimum absolute atomic E-state index is 0.469. The summed E-state index contributed by atoms with van der Waals surface area (Å²) in [5.74, 6) is 0.469. The van der Waals surface area contributed by atoms with Crippen molar-refractivity contribution in [1.82, 2.24) is 9.55 Å². The Morgan fingerprint density at radius 3 is 2.19 bits per heavy atom. The molecule has 0 bridgehead atoms. The topological polar surface area (TPSA) is 34.9 Å². The third-order valence-corrected chi connectivity index (χ3v) is 1.93. The lowest BCUT2D eigenvalue weighted by molar-refractivity contribution is 0.111. The predicted molar refractivity (Wildman–Crippen MR) is 68.8 cm³/mol. The van der Waals surface area contributed by atoms with Crippen LogP contribution in [0, 0.1) is 0 Å². The van der Waals surface area contributed by atoms with E-state index in [0.29, 0.717) is 5.82 Å². The smallest absolute Gasteiger partial charge is 0.185 e. The Morgan fingerprint density at radius 1 is 1.12 bits per heavy atom. The Kier molecular flexibility index (Phi) is 6.84. The van der Waals surface area contributed by atoms with Gasteiger partial charge in [0, 0.05) is 7.05 Å². The van der Waals surface area contributed by atoms with Gasteiger partial charge in [0.05, 0.1) is 11.0 Å². The molecule has 3 nitrogen and oxygen atoms in total. The van der Waals surface area contributed by atoms with Crippen molar-refractivity contribution in [2.45, 2.75) is 27.7 Å². The van der Waals surface area contributed by atoms with Gasteiger partial charge in [-0.3, -0.25) is 4.79 Å². The first-order valence-corrected chi connectivity index (χ1v) is 5.69. The predicted octanol–water partition coefficient (Wildman–Crippen LogP) is 3.44. The van der Waals surface area contributed by atoms with Gasteiger partial charge in [-0.05, 0) is 12.1 Å². The van der Waals surface area contributed by atoms with Gasteiger partial charge in [0.1, 0.15) is 0 Å². The normalized spacial score (nSPS) is 8.56. The van der Waals surface area contributed by atoms with Crippen molar-refractivity contribution in [1.29, 1.82) is 0 Å². The molecule has 16 heavy (non-hydrogen) atoms. The molecule has 3 heteroatoms. The summed E-state index contributed by atoms with van der Waals surface area (Å²) in [4.78, 5) is 14.6. The van der Waals surface area contributed by atoms with Crippen LogP contribution in [0.3, 0.4) is 0 Å². The molecule has 0 radical (unpaired) electrons. The van der Waals surface area contributed by atoms with Gasteiger partial charge in [-0.1, -0.05) is 39.8 Å². The van der Waals surface area contributed by atoms with Crippen LogP contribution in [0.4, 0.5) is 0 Å². The van der Waals surface area contributed by atoms with Crippen LogP contribution < -0.4 is 0 Å². The summed E-state index contributed by atoms with van der Waals surface area (Å²) >= 11 is 0. The fraction of sp³-hybridized carbons (Fsp3) is 0.385. The molecule has 0 aliphatic rings. The van der Waals surface area contributed by atoms with Crippen molar-refractivity contribution in [2.24, 2.45) is 7.05 Å². The average Bonchev–Trinajstić information content (AvgIpc) is 2.72. The Hall–Kier alpha value is -1.64. The van der Waals surface area contributed by atoms with Gasteiger partial charge < -0.3 is 4.57 Å². The molecule has 0 N–H and O–H groups in total. The van der Waals surface area contributed by atoms with E-state index in [9.17, 15) is 4.79 Å². The number of hydrogen-bond donors (Lipinski definition) is 0. The zero-order valence-corrected chi connectivity index (χ0v) is 10.7. The number of nitrogens with zero attached hydrogens (tertiary/aromatic N) is 2. The van der Waals surface area contributed by atoms with Gasteiger partial charge in [0.25, 0.3) is 0 Å². The van der Waals surface area contributed by atoms with Crippen LogP contribution in [-0.2, 0) is 7.05 Å². The number of fused-ring (bicyclic) bond motifs is 1. The first kappa shape index (κ1) is 14.4. The highest BCUT2D eigenvalue weighted by atomic mass is 16.1. The van der Waals surface area contributed by atoms with Crippen LogP contribution in [0.1, 0.15) is 38.3 Å². The second-order valence-corrected chi connectivity index (χ2v) is 2.64. The molecule has 0 amide bonds. The van der Waals surface area contributed by atoms with Crippen molar-refractivity contribution in [2.75, 3.05) is 0 Å². The Bertz CT molecular complexity index is 432. The number of aryl methyl sites for hydroxylation is 1. The molecule has 88 valence electrons. The molecule has 2 aromatic rings. The molecule has 1 heterocycles. The van der Waals surface area contributed by atoms with E-state index >= 15 is 0 Å². The lowest BCUT2D eigenvalue weighted by Gasteiger charge is -1.93. The van der Waals surface area contributed by atoms with Crippen LogP contribution in [0.15, 0.2) is 24.3 Å². The van der Waals surface area contributed by atoms with Gasteiger partial charge in [-0.15, -0.1) is 0 Å². The van der Waals surface area contributed by atoms with Crippen molar-refractivity contribution in [3.8, 4) is 0 Å². The molecule has 0 saturated carbocycles. The number of rotatable bonds is 1. The standard InChI is InChI=1S/C9H8N2O.2C2H6/c1-11-8-5-3-2-4-7(8)10-9(11)6-12;2*1-2/h2-6H,1H3;2*1-2H3. The number of para-hydroxylation sites is 2. The van der Waals surface area contributed by atoms with Crippen molar-refractivity contribution in [3.05, 3.63) is 30.1 Å². The Labute approximate surface area is 97.1 Å². The highest BCUT2D eigenvalue weighted by molar-refractivity contribution is 5.82. The second-order valence-electron chi connectivity index (χ2n) is 2.64. The van der Waals surface area contributed by atoms with E-state index in [-0.39, 0.29) is 0 Å². The van der Waals surface area contributed by atoms with E-state index in [1.165, 1.54) is 0 Å². The van der Waals surface area contributed by atoms with Gasteiger partial charge in [-0.2, -0.15) is 0 Å². The van der Waals surface area contributed by atoms with E-state index in [1.807, 2.05) is 59.0 Å². The summed E-state index contributed by atoms with van der Waals surface area (Å²) in [5, 5.41) is 0. The van der Waals surface area contributed by atoms with Gasteiger partial charge >= 0.3 is 0 Å². The molecule has 0 atom stereocenters. The van der Waals surface area contributed by atoms with Crippen LogP contribution in [0.5, 0.6) is 0 Å². The Balaban J connectivity index is 0.000000509. The molecular weight excluding hydrogens is 200 g/mol. The van der Waals surface area contributed by atoms with Crippen molar-refractivity contribution in [3.63, 3.8) is 0 Å². The molecule has 0 saturated heterocycles. The quantitative estimate of drug-likeness (QED) is 0.690.